The Morgan fingerprint density at radius 2 is 1.95 bits per heavy atom. The van der Waals surface area contributed by atoms with Gasteiger partial charge in [-0.05, 0) is 37.3 Å². The smallest absolute Gasteiger partial charge is 0.147 e. The van der Waals surface area contributed by atoms with Gasteiger partial charge in [0.25, 0.3) is 0 Å². The number of nitrogens with one attached hydrogen (secondary N) is 2. The first-order chi connectivity index (χ1) is 18.0. The number of thiophene rings is 1. The molecule has 1 saturated heterocycles. The fourth-order valence-corrected chi connectivity index (χ4v) is 7.63. The maximum absolute atomic E-state index is 5.52. The topological polar surface area (TPSA) is 74.7 Å². The molecule has 0 bridgehead atoms. The van der Waals surface area contributed by atoms with Crippen molar-refractivity contribution in [1.29, 1.82) is 0 Å². The summed E-state index contributed by atoms with van der Waals surface area (Å²) < 4.78 is 7.71. The predicted molar refractivity (Wildman–Crippen MR) is 150 cm³/mol. The van der Waals surface area contributed by atoms with Gasteiger partial charge in [-0.15, -0.1) is 11.3 Å². The van der Waals surface area contributed by atoms with Gasteiger partial charge in [-0.2, -0.15) is 0 Å². The fraction of sp³-hybridized carbons (Fsp3) is 0.552. The minimum absolute atomic E-state index is 0.271. The third-order valence-corrected chi connectivity index (χ3v) is 9.50. The molecule has 37 heavy (non-hydrogen) atoms. The second-order valence-corrected chi connectivity index (χ2v) is 12.5. The minimum Gasteiger partial charge on any atom is -0.379 e. The van der Waals surface area contributed by atoms with Crippen molar-refractivity contribution < 1.29 is 4.74 Å². The molecular weight excluding hydrogens is 480 g/mol. The summed E-state index contributed by atoms with van der Waals surface area (Å²) in [4.78, 5) is 17.5. The van der Waals surface area contributed by atoms with Gasteiger partial charge in [-0.25, -0.2) is 9.97 Å². The molecule has 3 aliphatic rings. The molecule has 2 atom stereocenters. The number of morpholine rings is 1. The third-order valence-electron chi connectivity index (χ3n) is 8.42. The van der Waals surface area contributed by atoms with Crippen LogP contribution in [0.5, 0.6) is 0 Å². The lowest BCUT2D eigenvalue weighted by Gasteiger charge is -2.46. The summed E-state index contributed by atoms with van der Waals surface area (Å²) in [7, 11) is 2.08. The molecule has 1 aliphatic carbocycles. The SMILES string of the molecule is CNC1(Cc2ccccc2)N=c2sc3c(NCCN4CCOCC4)ncnc3c2=C2CC(C)(C)CCC21. The van der Waals surface area contributed by atoms with Crippen LogP contribution in [0.2, 0.25) is 0 Å². The largest absolute Gasteiger partial charge is 0.379 e. The van der Waals surface area contributed by atoms with E-state index in [0.29, 0.717) is 5.92 Å². The van der Waals surface area contributed by atoms with Crippen molar-refractivity contribution in [3.05, 3.63) is 52.1 Å². The summed E-state index contributed by atoms with van der Waals surface area (Å²) in [6, 6.07) is 10.8. The van der Waals surface area contributed by atoms with E-state index in [4.69, 9.17) is 14.7 Å². The first-order valence-corrected chi connectivity index (χ1v) is 14.4. The highest BCUT2D eigenvalue weighted by Gasteiger charge is 2.46. The number of hydrogen-bond acceptors (Lipinski definition) is 8. The van der Waals surface area contributed by atoms with Gasteiger partial charge >= 0.3 is 0 Å². The zero-order chi connectivity index (χ0) is 25.5. The molecule has 1 saturated carbocycles. The molecule has 2 aromatic heterocycles. The van der Waals surface area contributed by atoms with E-state index < -0.39 is 0 Å². The zero-order valence-corrected chi connectivity index (χ0v) is 23.0. The van der Waals surface area contributed by atoms with Gasteiger partial charge < -0.3 is 10.1 Å². The molecule has 0 radical (unpaired) electrons. The number of rotatable bonds is 7. The van der Waals surface area contributed by atoms with Crippen LogP contribution in [-0.4, -0.2) is 67.0 Å². The van der Waals surface area contributed by atoms with E-state index in [-0.39, 0.29) is 11.1 Å². The Morgan fingerprint density at radius 1 is 1.14 bits per heavy atom. The summed E-state index contributed by atoms with van der Waals surface area (Å²) >= 11 is 1.75. The monoisotopic (exact) mass is 518 g/mol. The number of nitrogens with zero attached hydrogens (tertiary/aromatic N) is 4. The Balaban J connectivity index is 1.43. The van der Waals surface area contributed by atoms with Crippen molar-refractivity contribution in [2.75, 3.05) is 51.8 Å². The lowest BCUT2D eigenvalue weighted by molar-refractivity contribution is 0.0398. The van der Waals surface area contributed by atoms with E-state index in [1.165, 1.54) is 22.8 Å². The van der Waals surface area contributed by atoms with Gasteiger partial charge in [-0.1, -0.05) is 49.8 Å². The second kappa shape index (κ2) is 10.1. The van der Waals surface area contributed by atoms with Crippen molar-refractivity contribution in [3.8, 4) is 0 Å². The third kappa shape index (κ3) is 4.80. The van der Waals surface area contributed by atoms with Crippen molar-refractivity contribution in [2.24, 2.45) is 16.3 Å². The first-order valence-electron chi connectivity index (χ1n) is 13.6. The van der Waals surface area contributed by atoms with Gasteiger partial charge in [0.2, 0.25) is 0 Å². The van der Waals surface area contributed by atoms with E-state index in [2.05, 4.69) is 71.7 Å². The summed E-state index contributed by atoms with van der Waals surface area (Å²) in [5.41, 5.74) is 3.83. The molecule has 2 aliphatic heterocycles. The highest BCUT2D eigenvalue weighted by atomic mass is 32.1. The lowest BCUT2D eigenvalue weighted by Crippen LogP contribution is -2.57. The van der Waals surface area contributed by atoms with E-state index in [1.807, 2.05) is 0 Å². The Hall–Kier alpha value is -2.39. The van der Waals surface area contributed by atoms with Crippen LogP contribution >= 0.6 is 11.3 Å². The quantitative estimate of drug-likeness (QED) is 0.501. The molecule has 0 spiro atoms. The summed E-state index contributed by atoms with van der Waals surface area (Å²) in [5.74, 6) is 1.28. The molecule has 3 aromatic rings. The van der Waals surface area contributed by atoms with Crippen LogP contribution in [0.3, 0.4) is 0 Å². The molecular formula is C29H38N6OS. The van der Waals surface area contributed by atoms with Crippen molar-refractivity contribution in [3.63, 3.8) is 0 Å². The number of likely N-dealkylation sites (N-methyl/N-ethyl adjacent to an activating group) is 1. The number of anilines is 1. The lowest BCUT2D eigenvalue weighted by atomic mass is 9.64. The van der Waals surface area contributed by atoms with Crippen LogP contribution in [-0.2, 0) is 11.2 Å². The highest BCUT2D eigenvalue weighted by Crippen LogP contribution is 2.48. The second-order valence-electron chi connectivity index (χ2n) is 11.5. The van der Waals surface area contributed by atoms with Crippen LogP contribution in [0.4, 0.5) is 5.82 Å². The van der Waals surface area contributed by atoms with Crippen molar-refractivity contribution in [2.45, 2.75) is 45.2 Å². The summed E-state index contributed by atoms with van der Waals surface area (Å²) in [6.07, 6.45) is 6.01. The van der Waals surface area contributed by atoms with Gasteiger partial charge in [0.1, 0.15) is 22.5 Å². The number of benzene rings is 1. The maximum atomic E-state index is 5.52. The average molecular weight is 519 g/mol. The zero-order valence-electron chi connectivity index (χ0n) is 22.2. The first kappa shape index (κ1) is 24.9. The van der Waals surface area contributed by atoms with Crippen molar-refractivity contribution in [1.82, 2.24) is 20.2 Å². The van der Waals surface area contributed by atoms with Crippen LogP contribution in [0.1, 0.15) is 38.7 Å². The van der Waals surface area contributed by atoms with E-state index >= 15 is 0 Å². The Kier molecular flexibility index (Phi) is 6.77. The average Bonchev–Trinajstić information content (AvgIpc) is 3.28. The molecule has 4 heterocycles. The van der Waals surface area contributed by atoms with E-state index in [0.717, 1.165) is 79.4 Å². The van der Waals surface area contributed by atoms with Crippen LogP contribution in [0.15, 0.2) is 41.7 Å². The highest BCUT2D eigenvalue weighted by molar-refractivity contribution is 7.17. The van der Waals surface area contributed by atoms with Crippen LogP contribution < -0.4 is 20.5 Å². The molecule has 6 rings (SSSR count). The molecule has 8 heteroatoms. The molecule has 2 N–H and O–H groups in total. The fourth-order valence-electron chi connectivity index (χ4n) is 6.42. The van der Waals surface area contributed by atoms with E-state index in [1.54, 1.807) is 17.7 Å². The van der Waals surface area contributed by atoms with Gasteiger partial charge in [-0.3, -0.25) is 15.2 Å². The molecule has 7 nitrogen and oxygen atoms in total. The number of aromatic nitrogens is 2. The van der Waals surface area contributed by atoms with Crippen LogP contribution in [0, 0.1) is 11.3 Å². The van der Waals surface area contributed by atoms with Gasteiger partial charge in [0, 0.05) is 43.7 Å². The molecule has 1 aromatic carbocycles. The van der Waals surface area contributed by atoms with Gasteiger partial charge in [0.05, 0.1) is 23.4 Å². The normalized spacial score (nSPS) is 25.4. The van der Waals surface area contributed by atoms with E-state index in [9.17, 15) is 0 Å². The predicted octanol–water partition coefficient (Wildman–Crippen LogP) is 3.20. The number of ether oxygens (including phenoxy) is 1. The minimum atomic E-state index is -0.349. The van der Waals surface area contributed by atoms with Crippen LogP contribution in [0.25, 0.3) is 15.8 Å². The Bertz CT molecular complexity index is 1380. The molecule has 2 fully saturated rings. The number of hydrogen-bond donors (Lipinski definition) is 2. The Morgan fingerprint density at radius 3 is 2.73 bits per heavy atom. The number of fused-ring (bicyclic) bond motifs is 4. The summed E-state index contributed by atoms with van der Waals surface area (Å²) in [5, 5.41) is 8.61. The standard InChI is InChI=1S/C29H38N6OS/c1-28(2)10-9-22-21(18-28)23-24-25(26(33-19-32-24)31-11-12-35-13-15-36-16-14-35)37-27(23)34-29(22,30-3)17-20-7-5-4-6-8-20/h4-8,19,22,30H,9-18H2,1-3H3,(H,31,32,33). The van der Waals surface area contributed by atoms with Crippen molar-refractivity contribution >= 4 is 32.9 Å². The summed E-state index contributed by atoms with van der Waals surface area (Å²) in [6.45, 7) is 10.3. The molecule has 2 unspecified atom stereocenters. The maximum Gasteiger partial charge on any atom is 0.147 e. The molecule has 0 amide bonds. The molecule has 196 valence electrons. The van der Waals surface area contributed by atoms with Gasteiger partial charge in [0.15, 0.2) is 0 Å². The Labute approximate surface area is 223 Å².